The van der Waals surface area contributed by atoms with Gasteiger partial charge in [-0.1, -0.05) is 38.5 Å². The summed E-state index contributed by atoms with van der Waals surface area (Å²) >= 11 is 0. The minimum atomic E-state index is -0.434. The van der Waals surface area contributed by atoms with Crippen molar-refractivity contribution in [2.24, 2.45) is 11.8 Å². The summed E-state index contributed by atoms with van der Waals surface area (Å²) < 4.78 is 12.0. The smallest absolute Gasteiger partial charge is 0.851 e. The zero-order valence-electron chi connectivity index (χ0n) is 20.3. The molecule has 2 aliphatic heterocycles. The molecule has 180 valence electrons. The van der Waals surface area contributed by atoms with Crippen LogP contribution < -0.4 is 20.2 Å². The zero-order chi connectivity index (χ0) is 21.9. The van der Waals surface area contributed by atoms with E-state index in [0.29, 0.717) is 24.3 Å². The third-order valence-corrected chi connectivity index (χ3v) is 8.70. The molecule has 8 atom stereocenters. The SMILES string of the molecule is [Ca+2].[O-]C1CCCCC1C1=[NH+]C2CCCCC2O1.[O-]C1CCCCC1C1=[NH+]C2CCCCC2O1. The van der Waals surface area contributed by atoms with Gasteiger partial charge in [0.05, 0.1) is 11.8 Å². The molecule has 4 fully saturated rings. The van der Waals surface area contributed by atoms with Gasteiger partial charge in [0.15, 0.2) is 24.3 Å². The number of ether oxygens (including phenoxy) is 2. The first-order valence-electron chi connectivity index (χ1n) is 13.6. The molecular formula is C26H42CaN2O4+2. The minimum Gasteiger partial charge on any atom is -0.851 e. The zero-order valence-corrected chi connectivity index (χ0v) is 22.5. The molecule has 6 aliphatic rings. The number of nitrogens with one attached hydrogen (secondary N) is 2. The van der Waals surface area contributed by atoms with Crippen molar-refractivity contribution >= 4 is 49.5 Å². The van der Waals surface area contributed by atoms with Crippen LogP contribution in [0.3, 0.4) is 0 Å². The van der Waals surface area contributed by atoms with Crippen molar-refractivity contribution < 1.29 is 29.7 Å². The van der Waals surface area contributed by atoms with Crippen molar-refractivity contribution in [3.05, 3.63) is 0 Å². The average Bonchev–Trinajstić information content (AvgIpc) is 3.44. The van der Waals surface area contributed by atoms with Crippen molar-refractivity contribution in [1.82, 2.24) is 0 Å². The molecule has 0 bridgehead atoms. The summed E-state index contributed by atoms with van der Waals surface area (Å²) in [5.74, 6) is 2.16. The molecule has 7 heteroatoms. The van der Waals surface area contributed by atoms with Gasteiger partial charge in [-0.05, 0) is 51.4 Å². The van der Waals surface area contributed by atoms with Crippen molar-refractivity contribution in [1.29, 1.82) is 0 Å². The molecule has 6 rings (SSSR count). The molecule has 2 heterocycles. The average molecular weight is 487 g/mol. The van der Waals surface area contributed by atoms with Crippen LogP contribution in [-0.4, -0.2) is 86.0 Å². The van der Waals surface area contributed by atoms with Gasteiger partial charge in [0.25, 0.3) is 0 Å². The van der Waals surface area contributed by atoms with Crippen molar-refractivity contribution in [2.45, 2.75) is 139 Å². The second kappa shape index (κ2) is 12.4. The van der Waals surface area contributed by atoms with Gasteiger partial charge in [-0.3, -0.25) is 0 Å². The predicted octanol–water partition coefficient (Wildman–Crippen LogP) is -0.929. The minimum absolute atomic E-state index is 0. The molecule has 4 saturated carbocycles. The van der Waals surface area contributed by atoms with Crippen LogP contribution in [0, 0.1) is 11.8 Å². The Morgan fingerprint density at radius 3 is 1.27 bits per heavy atom. The number of rotatable bonds is 2. The van der Waals surface area contributed by atoms with E-state index in [1.807, 2.05) is 0 Å². The third-order valence-electron chi connectivity index (χ3n) is 8.70. The van der Waals surface area contributed by atoms with Crippen LogP contribution >= 0.6 is 0 Å². The van der Waals surface area contributed by atoms with Crippen molar-refractivity contribution in [2.75, 3.05) is 0 Å². The topological polar surface area (TPSA) is 92.5 Å². The molecule has 33 heavy (non-hydrogen) atoms. The standard InChI is InChI=1S/2C13H20NO2.Ca/c2*15-11-7-3-1-5-9(11)13-14-10-6-2-4-8-12(10)16-13;/h2*9-12H,1-8H2;/q2*-1;+2/p+2. The summed E-state index contributed by atoms with van der Waals surface area (Å²) in [6, 6.07) is 0.996. The molecule has 8 unspecified atom stereocenters. The summed E-state index contributed by atoms with van der Waals surface area (Å²) in [5.41, 5.74) is 0. The van der Waals surface area contributed by atoms with E-state index < -0.39 is 12.2 Å². The summed E-state index contributed by atoms with van der Waals surface area (Å²) in [6.07, 6.45) is 18.0. The van der Waals surface area contributed by atoms with Gasteiger partial charge in [-0.2, -0.15) is 0 Å². The summed E-state index contributed by atoms with van der Waals surface area (Å²) in [4.78, 5) is 6.97. The van der Waals surface area contributed by atoms with Gasteiger partial charge in [0.2, 0.25) is 0 Å². The van der Waals surface area contributed by atoms with Crippen LogP contribution in [0.1, 0.15) is 103 Å². The molecule has 0 radical (unpaired) electrons. The first kappa shape index (κ1) is 26.2. The Morgan fingerprint density at radius 1 is 0.515 bits per heavy atom. The molecule has 6 nitrogen and oxygen atoms in total. The Morgan fingerprint density at radius 2 is 0.879 bits per heavy atom. The van der Waals surface area contributed by atoms with Gasteiger partial charge in [-0.15, -0.1) is 12.2 Å². The van der Waals surface area contributed by atoms with Crippen LogP contribution in [0.25, 0.3) is 0 Å². The van der Waals surface area contributed by atoms with E-state index >= 15 is 0 Å². The largest absolute Gasteiger partial charge is 2.00 e. The van der Waals surface area contributed by atoms with E-state index in [0.717, 1.165) is 63.2 Å². The van der Waals surface area contributed by atoms with Crippen molar-refractivity contribution in [3.63, 3.8) is 0 Å². The molecule has 0 aromatic carbocycles. The molecule has 0 saturated heterocycles. The maximum absolute atomic E-state index is 11.9. The van der Waals surface area contributed by atoms with E-state index in [9.17, 15) is 10.2 Å². The fraction of sp³-hybridized carbons (Fsp3) is 0.923. The summed E-state index contributed by atoms with van der Waals surface area (Å²) in [6.45, 7) is 0. The van der Waals surface area contributed by atoms with Crippen LogP contribution in [0.5, 0.6) is 0 Å². The van der Waals surface area contributed by atoms with E-state index in [4.69, 9.17) is 9.47 Å². The summed E-state index contributed by atoms with van der Waals surface area (Å²) in [7, 11) is 0. The number of hydrogen-bond donors (Lipinski definition) is 2. The van der Waals surface area contributed by atoms with E-state index in [-0.39, 0.29) is 49.6 Å². The second-order valence-corrected chi connectivity index (χ2v) is 11.0. The first-order chi connectivity index (χ1) is 15.7. The van der Waals surface area contributed by atoms with Gasteiger partial charge >= 0.3 is 49.5 Å². The number of fused-ring (bicyclic) bond motifs is 2. The Bertz CT molecular complexity index is 644. The van der Waals surface area contributed by atoms with Crippen LogP contribution in [0.15, 0.2) is 0 Å². The molecule has 4 aliphatic carbocycles. The molecule has 0 amide bonds. The van der Waals surface area contributed by atoms with E-state index in [1.54, 1.807) is 0 Å². The van der Waals surface area contributed by atoms with Gasteiger partial charge in [-0.25, -0.2) is 9.98 Å². The van der Waals surface area contributed by atoms with Crippen LogP contribution in [-0.2, 0) is 9.47 Å². The fourth-order valence-electron chi connectivity index (χ4n) is 6.75. The normalized spacial score (nSPS) is 42.1. The Kier molecular flexibility index (Phi) is 9.83. The quantitative estimate of drug-likeness (QED) is 0.494. The maximum atomic E-state index is 11.9. The van der Waals surface area contributed by atoms with Gasteiger partial charge < -0.3 is 19.7 Å². The van der Waals surface area contributed by atoms with E-state index in [2.05, 4.69) is 9.98 Å². The summed E-state index contributed by atoms with van der Waals surface area (Å²) in [5, 5.41) is 23.9. The monoisotopic (exact) mass is 486 g/mol. The van der Waals surface area contributed by atoms with Crippen molar-refractivity contribution in [3.8, 4) is 0 Å². The van der Waals surface area contributed by atoms with Gasteiger partial charge in [0, 0.05) is 12.8 Å². The Labute approximate surface area is 229 Å². The second-order valence-electron chi connectivity index (χ2n) is 11.0. The first-order valence-corrected chi connectivity index (χ1v) is 13.6. The Hall–Kier alpha value is 0.120. The van der Waals surface area contributed by atoms with Crippen LogP contribution in [0.2, 0.25) is 0 Å². The number of hydrogen-bond acceptors (Lipinski definition) is 4. The molecular weight excluding hydrogens is 444 g/mol. The van der Waals surface area contributed by atoms with Gasteiger partial charge in [0.1, 0.15) is 0 Å². The van der Waals surface area contributed by atoms with E-state index in [1.165, 1.54) is 51.4 Å². The molecule has 0 aromatic rings. The third kappa shape index (κ3) is 6.28. The molecule has 0 spiro atoms. The Balaban J connectivity index is 0.000000152. The van der Waals surface area contributed by atoms with Crippen LogP contribution in [0.4, 0.5) is 0 Å². The fourth-order valence-corrected chi connectivity index (χ4v) is 6.75. The predicted molar refractivity (Wildman–Crippen MR) is 123 cm³/mol. The molecule has 0 aromatic heterocycles. The molecule has 2 N–H and O–H groups in total. The maximum Gasteiger partial charge on any atom is 2.00 e.